The SMILES string of the molecule is C#C[C@]1(O)CCC2C3CCC4=CC(=O)CC[C@]4(O)C3CC[C@@]21CC. The average molecular weight is 328 g/mol. The van der Waals surface area contributed by atoms with Crippen LogP contribution in [-0.2, 0) is 4.79 Å². The summed E-state index contributed by atoms with van der Waals surface area (Å²) in [7, 11) is 0. The van der Waals surface area contributed by atoms with E-state index in [2.05, 4.69) is 12.8 Å². The molecule has 3 saturated carbocycles. The smallest absolute Gasteiger partial charge is 0.155 e. The molecule has 2 N–H and O–H groups in total. The summed E-state index contributed by atoms with van der Waals surface area (Å²) in [6, 6.07) is 0. The van der Waals surface area contributed by atoms with Crippen molar-refractivity contribution in [2.45, 2.75) is 75.9 Å². The van der Waals surface area contributed by atoms with Crippen LogP contribution in [0.2, 0.25) is 0 Å². The van der Waals surface area contributed by atoms with E-state index in [9.17, 15) is 15.0 Å². The zero-order valence-electron chi connectivity index (χ0n) is 14.6. The van der Waals surface area contributed by atoms with E-state index in [1.54, 1.807) is 6.08 Å². The normalized spacial score (nSPS) is 50.3. The maximum atomic E-state index is 11.8. The lowest BCUT2D eigenvalue weighted by atomic mass is 9.48. The molecule has 4 rings (SSSR count). The van der Waals surface area contributed by atoms with Crippen LogP contribution in [0.25, 0.3) is 0 Å². The van der Waals surface area contributed by atoms with E-state index >= 15 is 0 Å². The number of rotatable bonds is 1. The van der Waals surface area contributed by atoms with Crippen molar-refractivity contribution in [3.8, 4) is 12.3 Å². The van der Waals surface area contributed by atoms with Crippen LogP contribution >= 0.6 is 0 Å². The van der Waals surface area contributed by atoms with E-state index in [-0.39, 0.29) is 17.1 Å². The first-order valence-electron chi connectivity index (χ1n) is 9.56. The van der Waals surface area contributed by atoms with Crippen LogP contribution in [0, 0.1) is 35.5 Å². The Bertz CT molecular complexity index is 644. The summed E-state index contributed by atoms with van der Waals surface area (Å²) in [4.78, 5) is 11.8. The van der Waals surface area contributed by atoms with Crippen LogP contribution in [-0.4, -0.2) is 27.2 Å². The molecule has 6 atom stereocenters. The summed E-state index contributed by atoms with van der Waals surface area (Å²) < 4.78 is 0. The first-order valence-corrected chi connectivity index (χ1v) is 9.56. The number of hydrogen-bond acceptors (Lipinski definition) is 3. The fourth-order valence-corrected chi connectivity index (χ4v) is 6.96. The fourth-order valence-electron chi connectivity index (χ4n) is 6.96. The van der Waals surface area contributed by atoms with Gasteiger partial charge in [-0.1, -0.05) is 12.8 Å². The Balaban J connectivity index is 1.72. The molecule has 3 nitrogen and oxygen atoms in total. The van der Waals surface area contributed by atoms with E-state index in [1.165, 1.54) is 0 Å². The molecule has 0 aromatic carbocycles. The van der Waals surface area contributed by atoms with Gasteiger partial charge in [0.15, 0.2) is 5.78 Å². The minimum Gasteiger partial charge on any atom is -0.385 e. The highest BCUT2D eigenvalue weighted by Gasteiger charge is 2.65. The van der Waals surface area contributed by atoms with Gasteiger partial charge < -0.3 is 10.2 Å². The van der Waals surface area contributed by atoms with Crippen LogP contribution in [0.1, 0.15) is 64.7 Å². The number of terminal acetylenes is 1. The van der Waals surface area contributed by atoms with Crippen molar-refractivity contribution in [1.82, 2.24) is 0 Å². The molecule has 0 amide bonds. The quantitative estimate of drug-likeness (QED) is 0.728. The Hall–Kier alpha value is -1.11. The predicted octanol–water partition coefficient (Wildman–Crippen LogP) is 3.00. The summed E-state index contributed by atoms with van der Waals surface area (Å²) in [6.07, 6.45) is 14.7. The Kier molecular flexibility index (Phi) is 3.54. The summed E-state index contributed by atoms with van der Waals surface area (Å²) in [6.45, 7) is 2.16. The van der Waals surface area contributed by atoms with Gasteiger partial charge in [-0.05, 0) is 80.8 Å². The third-order valence-electron chi connectivity index (χ3n) is 8.16. The molecule has 0 aliphatic heterocycles. The molecule has 3 fully saturated rings. The van der Waals surface area contributed by atoms with Gasteiger partial charge in [-0.25, -0.2) is 0 Å². The van der Waals surface area contributed by atoms with Gasteiger partial charge in [0.1, 0.15) is 5.60 Å². The largest absolute Gasteiger partial charge is 0.385 e. The molecule has 24 heavy (non-hydrogen) atoms. The topological polar surface area (TPSA) is 57.5 Å². The standard InChI is InChI=1S/C21H28O3/c1-3-19-10-8-18-16(17(19)9-11-20(19,23)4-2)6-5-14-13-15(22)7-12-21(14,18)24/h2,13,16-18,23-24H,3,5-12H2,1H3/t16?,17?,18?,19-,20-,21+/m0/s1. The first kappa shape index (κ1) is 16.4. The van der Waals surface area contributed by atoms with Gasteiger partial charge in [-0.3, -0.25) is 4.79 Å². The maximum Gasteiger partial charge on any atom is 0.155 e. The number of fused-ring (bicyclic) bond motifs is 5. The zero-order chi connectivity index (χ0) is 17.2. The Morgan fingerprint density at radius 2 is 1.92 bits per heavy atom. The van der Waals surface area contributed by atoms with Gasteiger partial charge in [0.2, 0.25) is 0 Å². The van der Waals surface area contributed by atoms with Crippen molar-refractivity contribution in [2.24, 2.45) is 23.2 Å². The third-order valence-corrected chi connectivity index (χ3v) is 8.16. The van der Waals surface area contributed by atoms with Gasteiger partial charge >= 0.3 is 0 Å². The van der Waals surface area contributed by atoms with Crippen LogP contribution in [0.15, 0.2) is 11.6 Å². The van der Waals surface area contributed by atoms with Crippen LogP contribution in [0.4, 0.5) is 0 Å². The monoisotopic (exact) mass is 328 g/mol. The van der Waals surface area contributed by atoms with Crippen molar-refractivity contribution in [3.63, 3.8) is 0 Å². The lowest BCUT2D eigenvalue weighted by molar-refractivity contribution is -0.142. The highest BCUT2D eigenvalue weighted by molar-refractivity contribution is 5.92. The van der Waals surface area contributed by atoms with E-state index in [4.69, 9.17) is 6.42 Å². The molecule has 3 heteroatoms. The Morgan fingerprint density at radius 3 is 2.62 bits per heavy atom. The molecule has 0 spiro atoms. The van der Waals surface area contributed by atoms with Crippen molar-refractivity contribution in [1.29, 1.82) is 0 Å². The predicted molar refractivity (Wildman–Crippen MR) is 92.0 cm³/mol. The summed E-state index contributed by atoms with van der Waals surface area (Å²) in [5, 5.41) is 22.6. The molecule has 0 aromatic rings. The second kappa shape index (κ2) is 5.19. The summed E-state index contributed by atoms with van der Waals surface area (Å²) >= 11 is 0. The zero-order valence-corrected chi connectivity index (χ0v) is 14.6. The molecule has 0 bridgehead atoms. The van der Waals surface area contributed by atoms with Crippen LogP contribution < -0.4 is 0 Å². The van der Waals surface area contributed by atoms with Gasteiger partial charge in [-0.2, -0.15) is 0 Å². The molecular formula is C21H28O3. The van der Waals surface area contributed by atoms with Gasteiger partial charge in [0, 0.05) is 11.8 Å². The molecule has 0 saturated heterocycles. The van der Waals surface area contributed by atoms with Crippen molar-refractivity contribution in [3.05, 3.63) is 11.6 Å². The van der Waals surface area contributed by atoms with Gasteiger partial charge in [0.25, 0.3) is 0 Å². The second-order valence-electron chi connectivity index (χ2n) is 8.57. The number of ketones is 1. The Morgan fingerprint density at radius 1 is 1.17 bits per heavy atom. The highest BCUT2D eigenvalue weighted by atomic mass is 16.3. The van der Waals surface area contributed by atoms with E-state index in [1.807, 2.05) is 0 Å². The molecular weight excluding hydrogens is 300 g/mol. The highest BCUT2D eigenvalue weighted by Crippen LogP contribution is 2.66. The first-order chi connectivity index (χ1) is 11.4. The van der Waals surface area contributed by atoms with E-state index in [0.29, 0.717) is 31.1 Å². The minimum absolute atomic E-state index is 0.161. The van der Waals surface area contributed by atoms with Crippen molar-refractivity contribution in [2.75, 3.05) is 0 Å². The number of aliphatic hydroxyl groups is 2. The Labute approximate surface area is 144 Å². The van der Waals surface area contributed by atoms with Crippen molar-refractivity contribution >= 4 is 5.78 Å². The fraction of sp³-hybridized carbons (Fsp3) is 0.762. The van der Waals surface area contributed by atoms with Crippen molar-refractivity contribution < 1.29 is 15.0 Å². The van der Waals surface area contributed by atoms with Crippen LogP contribution in [0.3, 0.4) is 0 Å². The second-order valence-corrected chi connectivity index (χ2v) is 8.57. The number of hydrogen-bond donors (Lipinski definition) is 2. The van der Waals surface area contributed by atoms with Crippen LogP contribution in [0.5, 0.6) is 0 Å². The average Bonchev–Trinajstić information content (AvgIpc) is 2.89. The van der Waals surface area contributed by atoms with Gasteiger partial charge in [-0.15, -0.1) is 6.42 Å². The van der Waals surface area contributed by atoms with E-state index < -0.39 is 11.2 Å². The molecule has 0 heterocycles. The number of carbonyl (C=O) groups excluding carboxylic acids is 1. The van der Waals surface area contributed by atoms with Gasteiger partial charge in [0.05, 0.1) is 5.60 Å². The maximum absolute atomic E-state index is 11.8. The molecule has 130 valence electrons. The van der Waals surface area contributed by atoms with E-state index in [0.717, 1.165) is 44.1 Å². The minimum atomic E-state index is -0.987. The molecule has 4 aliphatic rings. The lowest BCUT2D eigenvalue weighted by Gasteiger charge is -2.58. The summed E-state index contributed by atoms with van der Waals surface area (Å²) in [5.41, 5.74) is -1.01. The molecule has 3 unspecified atom stereocenters. The third kappa shape index (κ3) is 1.85. The number of carbonyl (C=O) groups is 1. The molecule has 0 radical (unpaired) electrons. The summed E-state index contributed by atoms with van der Waals surface area (Å²) in [5.74, 6) is 3.92. The molecule has 0 aromatic heterocycles. The lowest BCUT2D eigenvalue weighted by Crippen LogP contribution is -2.58. The molecule has 4 aliphatic carbocycles.